The molecule has 3 rings (SSSR count). The third kappa shape index (κ3) is 6.36. The maximum absolute atomic E-state index is 12.4. The zero-order chi connectivity index (χ0) is 22.6. The van der Waals surface area contributed by atoms with Gasteiger partial charge in [0.1, 0.15) is 6.33 Å². The fraction of sp³-hybridized carbons (Fsp3) is 0.520. The summed E-state index contributed by atoms with van der Waals surface area (Å²) in [6, 6.07) is 6.83. The molecule has 0 saturated carbocycles. The molecule has 0 fully saturated rings. The van der Waals surface area contributed by atoms with E-state index in [1.807, 2.05) is 12.4 Å². The van der Waals surface area contributed by atoms with Crippen LogP contribution in [0.3, 0.4) is 0 Å². The minimum Gasteiger partial charge on any atom is -0.356 e. The molecule has 166 valence electrons. The van der Waals surface area contributed by atoms with E-state index >= 15 is 0 Å². The molecular weight excluding hydrogens is 386 g/mol. The van der Waals surface area contributed by atoms with Gasteiger partial charge < -0.3 is 5.32 Å². The number of carbonyl (C=O) groups is 1. The Hall–Kier alpha value is -2.76. The molecule has 6 nitrogen and oxygen atoms in total. The van der Waals surface area contributed by atoms with Crippen molar-refractivity contribution in [2.75, 3.05) is 6.54 Å². The van der Waals surface area contributed by atoms with Gasteiger partial charge in [0, 0.05) is 25.4 Å². The molecule has 2 heterocycles. The highest BCUT2D eigenvalue weighted by atomic mass is 16.1. The zero-order valence-electron chi connectivity index (χ0n) is 19.7. The van der Waals surface area contributed by atoms with Crippen molar-refractivity contribution in [3.63, 3.8) is 0 Å². The van der Waals surface area contributed by atoms with Gasteiger partial charge in [0.25, 0.3) is 5.78 Å². The molecule has 0 saturated heterocycles. The van der Waals surface area contributed by atoms with E-state index in [4.69, 9.17) is 0 Å². The molecule has 1 N–H and O–H groups in total. The number of aryl methyl sites for hydroxylation is 2. The number of rotatable bonds is 7. The van der Waals surface area contributed by atoms with Crippen LogP contribution in [0.2, 0.25) is 0 Å². The minimum absolute atomic E-state index is 0.0857. The lowest BCUT2D eigenvalue weighted by Crippen LogP contribution is -2.25. The first kappa shape index (κ1) is 22.9. The second kappa shape index (κ2) is 9.16. The molecule has 3 aromatic rings. The lowest BCUT2D eigenvalue weighted by Gasteiger charge is -2.26. The molecule has 0 atom stereocenters. The monoisotopic (exact) mass is 421 g/mol. The summed E-state index contributed by atoms with van der Waals surface area (Å²) in [6.07, 6.45) is 8.21. The number of fused-ring (bicyclic) bond motifs is 1. The van der Waals surface area contributed by atoms with Crippen LogP contribution in [0.25, 0.3) is 5.78 Å². The topological polar surface area (TPSA) is 72.2 Å². The molecular formula is C25H35N5O. The van der Waals surface area contributed by atoms with E-state index in [0.717, 1.165) is 24.8 Å². The molecule has 0 aliphatic heterocycles. The average molecular weight is 422 g/mol. The Bertz CT molecular complexity index is 1010. The van der Waals surface area contributed by atoms with Crippen molar-refractivity contribution in [1.82, 2.24) is 24.9 Å². The summed E-state index contributed by atoms with van der Waals surface area (Å²) in [7, 11) is 0. The summed E-state index contributed by atoms with van der Waals surface area (Å²) in [4.78, 5) is 20.7. The van der Waals surface area contributed by atoms with Gasteiger partial charge in [-0.05, 0) is 52.3 Å². The smallest absolute Gasteiger partial charge is 0.252 e. The van der Waals surface area contributed by atoms with Crippen LogP contribution in [-0.2, 0) is 28.5 Å². The molecule has 0 radical (unpaired) electrons. The second-order valence-electron chi connectivity index (χ2n) is 10.3. The van der Waals surface area contributed by atoms with Crippen molar-refractivity contribution in [3.8, 4) is 0 Å². The number of aromatic nitrogens is 4. The molecule has 0 bridgehead atoms. The van der Waals surface area contributed by atoms with Crippen molar-refractivity contribution in [3.05, 3.63) is 59.2 Å². The Morgan fingerprint density at radius 3 is 2.26 bits per heavy atom. The maximum atomic E-state index is 12.4. The van der Waals surface area contributed by atoms with E-state index in [1.54, 1.807) is 4.52 Å². The van der Waals surface area contributed by atoms with Crippen LogP contribution in [0.5, 0.6) is 0 Å². The number of hydrogen-bond donors (Lipinski definition) is 1. The van der Waals surface area contributed by atoms with Crippen LogP contribution in [0.1, 0.15) is 76.6 Å². The van der Waals surface area contributed by atoms with Crippen LogP contribution < -0.4 is 5.32 Å². The Balaban J connectivity index is 1.50. The predicted octanol–water partition coefficient (Wildman–Crippen LogP) is 4.40. The molecule has 31 heavy (non-hydrogen) atoms. The highest BCUT2D eigenvalue weighted by Crippen LogP contribution is 2.30. The number of hydrogen-bond acceptors (Lipinski definition) is 4. The number of amides is 1. The van der Waals surface area contributed by atoms with Crippen LogP contribution >= 0.6 is 0 Å². The van der Waals surface area contributed by atoms with Crippen LogP contribution in [0, 0.1) is 0 Å². The molecule has 6 heteroatoms. The summed E-state index contributed by atoms with van der Waals surface area (Å²) in [6.45, 7) is 14.1. The van der Waals surface area contributed by atoms with Crippen molar-refractivity contribution >= 4 is 11.7 Å². The summed E-state index contributed by atoms with van der Waals surface area (Å²) < 4.78 is 1.67. The summed E-state index contributed by atoms with van der Waals surface area (Å²) in [5.41, 5.74) is 5.15. The van der Waals surface area contributed by atoms with Gasteiger partial charge in [0.15, 0.2) is 0 Å². The third-order valence-electron chi connectivity index (χ3n) is 5.52. The van der Waals surface area contributed by atoms with Gasteiger partial charge in [-0.3, -0.25) is 4.79 Å². The van der Waals surface area contributed by atoms with Gasteiger partial charge in [0.05, 0.1) is 0 Å². The van der Waals surface area contributed by atoms with Crippen LogP contribution in [0.4, 0.5) is 0 Å². The first-order valence-corrected chi connectivity index (χ1v) is 11.1. The lowest BCUT2D eigenvalue weighted by atomic mass is 9.79. The molecule has 0 unspecified atom stereocenters. The molecule has 2 aromatic heterocycles. The van der Waals surface area contributed by atoms with Crippen LogP contribution in [0.15, 0.2) is 36.9 Å². The highest BCUT2D eigenvalue weighted by Gasteiger charge is 2.20. The Morgan fingerprint density at radius 2 is 1.61 bits per heavy atom. The van der Waals surface area contributed by atoms with Crippen molar-refractivity contribution in [2.45, 2.75) is 78.1 Å². The predicted molar refractivity (Wildman–Crippen MR) is 124 cm³/mol. The van der Waals surface area contributed by atoms with Gasteiger partial charge in [-0.15, -0.1) is 0 Å². The normalized spacial score (nSPS) is 12.3. The van der Waals surface area contributed by atoms with E-state index in [9.17, 15) is 4.79 Å². The van der Waals surface area contributed by atoms with E-state index < -0.39 is 0 Å². The fourth-order valence-electron chi connectivity index (χ4n) is 3.46. The molecule has 1 aromatic carbocycles. The molecule has 0 spiro atoms. The maximum Gasteiger partial charge on any atom is 0.252 e. The largest absolute Gasteiger partial charge is 0.356 e. The van der Waals surface area contributed by atoms with E-state index in [2.05, 4.69) is 80.1 Å². The quantitative estimate of drug-likeness (QED) is 0.574. The van der Waals surface area contributed by atoms with E-state index in [-0.39, 0.29) is 16.7 Å². The SMILES string of the molecule is CC(C)(C)c1cc(CCC(=O)NCCCc2cnc3ncnn3c2)cc(C(C)(C)C)c1. The van der Waals surface area contributed by atoms with Crippen molar-refractivity contribution in [2.24, 2.45) is 0 Å². The van der Waals surface area contributed by atoms with Gasteiger partial charge in [-0.25, -0.2) is 9.50 Å². The van der Waals surface area contributed by atoms with E-state index in [1.165, 1.54) is 23.0 Å². The van der Waals surface area contributed by atoms with Gasteiger partial charge >= 0.3 is 0 Å². The van der Waals surface area contributed by atoms with Gasteiger partial charge in [0.2, 0.25) is 5.91 Å². The Labute approximate surface area is 185 Å². The highest BCUT2D eigenvalue weighted by molar-refractivity contribution is 5.76. The lowest BCUT2D eigenvalue weighted by molar-refractivity contribution is -0.121. The average Bonchev–Trinajstić information content (AvgIpc) is 3.16. The minimum atomic E-state index is 0.0857. The first-order valence-electron chi connectivity index (χ1n) is 11.1. The van der Waals surface area contributed by atoms with Crippen LogP contribution in [-0.4, -0.2) is 32.0 Å². The Kier molecular flexibility index (Phi) is 6.77. The van der Waals surface area contributed by atoms with Gasteiger partial charge in [-0.2, -0.15) is 10.1 Å². The molecule has 0 aliphatic rings. The number of benzene rings is 1. The summed E-state index contributed by atoms with van der Waals surface area (Å²) in [5, 5.41) is 7.16. The fourth-order valence-corrected chi connectivity index (χ4v) is 3.46. The standard InChI is InChI=1S/C25H35N5O/c1-24(2,3)20-12-18(13-21(14-20)25(4,5)6)9-10-22(31)26-11-7-8-19-15-27-23-28-17-29-30(23)16-19/h12-17H,7-11H2,1-6H3,(H,26,31). The summed E-state index contributed by atoms with van der Waals surface area (Å²) >= 11 is 0. The van der Waals surface area contributed by atoms with Gasteiger partial charge in [-0.1, -0.05) is 59.7 Å². The zero-order valence-corrected chi connectivity index (χ0v) is 19.7. The molecule has 0 aliphatic carbocycles. The van der Waals surface area contributed by atoms with Crippen molar-refractivity contribution < 1.29 is 4.79 Å². The number of carbonyl (C=O) groups excluding carboxylic acids is 1. The van der Waals surface area contributed by atoms with Crippen molar-refractivity contribution in [1.29, 1.82) is 0 Å². The second-order valence-corrected chi connectivity index (χ2v) is 10.3. The number of nitrogens with zero attached hydrogens (tertiary/aromatic N) is 4. The number of nitrogens with one attached hydrogen (secondary N) is 1. The molecule has 1 amide bonds. The Morgan fingerprint density at radius 1 is 0.935 bits per heavy atom. The summed E-state index contributed by atoms with van der Waals surface area (Å²) in [5.74, 6) is 0.700. The third-order valence-corrected chi connectivity index (χ3v) is 5.52. The van der Waals surface area contributed by atoms with E-state index in [0.29, 0.717) is 18.7 Å². The first-order chi connectivity index (χ1) is 14.5.